The van der Waals surface area contributed by atoms with Gasteiger partial charge < -0.3 is 4.74 Å². The number of alkyl halides is 3. The standard InChI is InChI=1S/C57H47F3O5S2/c58-54(22-23-64-55(61)56-33-36-24-37(34-56)26-38(25-36)35-56)57(59,60)67(62,63)65-66(51-19-7-16-45-27-39-10-1-4-13-42(39)30-48(45)51,52-20-8-17-46-28-40-11-2-5-14-43(40)31-49(46)52)53-21-9-18-47-29-41-12-3-6-15-44(41)32-50(47)53/h1-21,27-32,36-38,54H,22-26,33-35H2. The predicted molar refractivity (Wildman–Crippen MR) is 263 cm³/mol. The van der Waals surface area contributed by atoms with Gasteiger partial charge in [0.1, 0.15) is 0 Å². The van der Waals surface area contributed by atoms with Crippen LogP contribution in [0, 0.1) is 23.2 Å². The van der Waals surface area contributed by atoms with Crippen molar-refractivity contribution in [3.8, 4) is 0 Å². The molecule has 10 heteroatoms. The Morgan fingerprint density at radius 2 is 0.881 bits per heavy atom. The second-order valence-corrected chi connectivity index (χ2v) is 23.7. The van der Waals surface area contributed by atoms with Crippen LogP contribution in [0.15, 0.2) is 178 Å². The fraction of sp³-hybridized carbons (Fsp3) is 0.246. The Kier molecular flexibility index (Phi) is 10.0. The number of carbonyl (C=O) groups is 1. The minimum Gasteiger partial charge on any atom is -0.465 e. The summed E-state index contributed by atoms with van der Waals surface area (Å²) in [6, 6.07) is 51.6. The van der Waals surface area contributed by atoms with E-state index in [-0.39, 0.29) is 0 Å². The maximum Gasteiger partial charge on any atom is 0.401 e. The number of ether oxygens (including phenoxy) is 1. The summed E-state index contributed by atoms with van der Waals surface area (Å²) in [5.41, 5.74) is -0.682. The zero-order valence-corrected chi connectivity index (χ0v) is 38.2. The molecule has 0 aliphatic heterocycles. The van der Waals surface area contributed by atoms with Gasteiger partial charge in [0.2, 0.25) is 0 Å². The average Bonchev–Trinajstić information content (AvgIpc) is 3.32. The molecular formula is C57H47F3O5S2. The molecule has 4 saturated carbocycles. The molecule has 4 aliphatic rings. The third-order valence-corrected chi connectivity index (χ3v) is 20.4. The second kappa shape index (κ2) is 15.8. The van der Waals surface area contributed by atoms with Gasteiger partial charge >= 0.3 is 21.3 Å². The highest BCUT2D eigenvalue weighted by Crippen LogP contribution is 2.74. The molecule has 9 aromatic carbocycles. The highest BCUT2D eigenvalue weighted by atomic mass is 32.3. The van der Waals surface area contributed by atoms with Gasteiger partial charge in [-0.1, -0.05) is 109 Å². The SMILES string of the molecule is O=C(OCCC(F)C(F)(F)S(=O)(=O)OS(c1cccc2cc3ccccc3cc12)(c1cccc2cc3ccccc3cc12)c1cccc2cc3ccccc3cc12)C12CC3CC(CC(C3)C1)C2. The van der Waals surface area contributed by atoms with E-state index < -0.39 is 56.3 Å². The van der Waals surface area contributed by atoms with Gasteiger partial charge in [-0.25, -0.2) is 8.02 Å². The Hall–Kier alpha value is -5.94. The lowest BCUT2D eigenvalue weighted by Crippen LogP contribution is -2.50. The molecule has 4 aliphatic carbocycles. The molecule has 1 atom stereocenters. The van der Waals surface area contributed by atoms with Crippen LogP contribution in [0.3, 0.4) is 0 Å². The molecule has 0 radical (unpaired) electrons. The van der Waals surface area contributed by atoms with Crippen LogP contribution in [0.25, 0.3) is 64.6 Å². The first kappa shape index (κ1) is 42.4. The number of rotatable bonds is 11. The molecule has 0 N–H and O–H groups in total. The van der Waals surface area contributed by atoms with E-state index >= 15 is 21.6 Å². The van der Waals surface area contributed by atoms with Crippen molar-refractivity contribution in [1.29, 1.82) is 0 Å². The van der Waals surface area contributed by atoms with E-state index in [9.17, 15) is 4.79 Å². The minimum atomic E-state index is -6.19. The van der Waals surface area contributed by atoms with E-state index in [2.05, 4.69) is 0 Å². The molecule has 0 aromatic heterocycles. The fourth-order valence-electron chi connectivity index (χ4n) is 12.3. The van der Waals surface area contributed by atoms with Gasteiger partial charge in [-0.3, -0.25) is 4.79 Å². The lowest BCUT2D eigenvalue weighted by atomic mass is 9.49. The summed E-state index contributed by atoms with van der Waals surface area (Å²) < 4.78 is 93.3. The summed E-state index contributed by atoms with van der Waals surface area (Å²) in [7, 11) is -10.1. The first-order chi connectivity index (χ1) is 32.4. The maximum atomic E-state index is 17.2. The Bertz CT molecular complexity index is 3270. The molecule has 5 nitrogen and oxygen atoms in total. The summed E-state index contributed by atoms with van der Waals surface area (Å²) in [4.78, 5) is 14.8. The Labute approximate surface area is 388 Å². The number of fused-ring (bicyclic) bond motifs is 6. The van der Waals surface area contributed by atoms with Gasteiger partial charge in [0, 0.05) is 21.1 Å². The summed E-state index contributed by atoms with van der Waals surface area (Å²) >= 11 is 0. The largest absolute Gasteiger partial charge is 0.465 e. The number of carbonyl (C=O) groups excluding carboxylic acids is 1. The zero-order valence-electron chi connectivity index (χ0n) is 36.5. The molecule has 0 saturated heterocycles. The van der Waals surface area contributed by atoms with Crippen LogP contribution in [0.5, 0.6) is 0 Å². The van der Waals surface area contributed by atoms with Gasteiger partial charge in [-0.05, 0) is 186 Å². The summed E-state index contributed by atoms with van der Waals surface area (Å²) in [6.45, 7) is -0.686. The quantitative estimate of drug-likeness (QED) is 0.0955. The van der Waals surface area contributed by atoms with Crippen LogP contribution >= 0.6 is 10.3 Å². The molecule has 0 amide bonds. The van der Waals surface area contributed by atoms with Crippen molar-refractivity contribution in [2.45, 2.75) is 71.1 Å². The lowest BCUT2D eigenvalue weighted by molar-refractivity contribution is -0.172. The monoisotopic (exact) mass is 932 g/mol. The highest BCUT2D eigenvalue weighted by Gasteiger charge is 2.59. The first-order valence-corrected chi connectivity index (χ1v) is 26.1. The van der Waals surface area contributed by atoms with Crippen molar-refractivity contribution in [3.05, 3.63) is 164 Å². The first-order valence-electron chi connectivity index (χ1n) is 23.1. The van der Waals surface area contributed by atoms with E-state index in [1.807, 2.05) is 127 Å². The van der Waals surface area contributed by atoms with Gasteiger partial charge in [0.15, 0.2) is 6.17 Å². The number of esters is 1. The van der Waals surface area contributed by atoms with Crippen LogP contribution in [0.4, 0.5) is 13.2 Å². The van der Waals surface area contributed by atoms with E-state index in [1.54, 1.807) is 36.4 Å². The number of hydrogen-bond donors (Lipinski definition) is 0. The van der Waals surface area contributed by atoms with Gasteiger partial charge in [-0.15, -0.1) is 0 Å². The van der Waals surface area contributed by atoms with Crippen molar-refractivity contribution in [1.82, 2.24) is 0 Å². The number of benzene rings is 9. The molecule has 4 fully saturated rings. The lowest BCUT2D eigenvalue weighted by Gasteiger charge is -2.55. The maximum absolute atomic E-state index is 17.2. The van der Waals surface area contributed by atoms with Gasteiger partial charge in [-0.2, -0.15) is 17.2 Å². The summed E-state index contributed by atoms with van der Waals surface area (Å²) in [5, 5.41) is 4.29. The minimum absolute atomic E-state index is 0.358. The smallest absolute Gasteiger partial charge is 0.401 e. The predicted octanol–water partition coefficient (Wildman–Crippen LogP) is 15.2. The van der Waals surface area contributed by atoms with Crippen molar-refractivity contribution >= 4 is 91.0 Å². The Morgan fingerprint density at radius 1 is 0.537 bits per heavy atom. The molecule has 0 heterocycles. The van der Waals surface area contributed by atoms with Gasteiger partial charge in [0.05, 0.1) is 12.0 Å². The van der Waals surface area contributed by atoms with Crippen molar-refractivity contribution < 1.29 is 34.7 Å². The highest BCUT2D eigenvalue weighted by molar-refractivity contribution is 8.33. The molecule has 0 spiro atoms. The number of halogens is 3. The zero-order chi connectivity index (χ0) is 45.7. The normalized spacial score (nSPS) is 21.4. The van der Waals surface area contributed by atoms with Crippen molar-refractivity contribution in [2.75, 3.05) is 6.61 Å². The van der Waals surface area contributed by atoms with Crippen molar-refractivity contribution in [3.63, 3.8) is 0 Å². The number of hydrogen-bond acceptors (Lipinski definition) is 5. The van der Waals surface area contributed by atoms with Gasteiger partial charge in [0.25, 0.3) is 0 Å². The van der Waals surface area contributed by atoms with Crippen LogP contribution in [-0.2, 0) is 23.3 Å². The van der Waals surface area contributed by atoms with Crippen LogP contribution in [-0.4, -0.2) is 32.4 Å². The van der Waals surface area contributed by atoms with Crippen LogP contribution in [0.2, 0.25) is 0 Å². The molecule has 4 bridgehead atoms. The summed E-state index contributed by atoms with van der Waals surface area (Å²) in [5.74, 6) is 0.815. The fourth-order valence-corrected chi connectivity index (χ4v) is 18.0. The van der Waals surface area contributed by atoms with E-state index in [4.69, 9.17) is 8.37 Å². The molecule has 1 unspecified atom stereocenters. The summed E-state index contributed by atoms with van der Waals surface area (Å²) in [6.07, 6.45) is 1.06. The molecule has 338 valence electrons. The third kappa shape index (κ3) is 6.92. The third-order valence-electron chi connectivity index (χ3n) is 15.0. The van der Waals surface area contributed by atoms with E-state index in [1.165, 1.54) is 0 Å². The second-order valence-electron chi connectivity index (χ2n) is 19.3. The molecule has 67 heavy (non-hydrogen) atoms. The molecule has 9 aromatic rings. The Balaban J connectivity index is 1.06. The molecular weight excluding hydrogens is 886 g/mol. The average molecular weight is 933 g/mol. The van der Waals surface area contributed by atoms with Crippen LogP contribution < -0.4 is 0 Å². The Morgan fingerprint density at radius 3 is 1.25 bits per heavy atom. The van der Waals surface area contributed by atoms with Crippen molar-refractivity contribution in [2.24, 2.45) is 23.2 Å². The van der Waals surface area contributed by atoms with E-state index in [0.717, 1.165) is 67.7 Å². The van der Waals surface area contributed by atoms with Crippen LogP contribution in [0.1, 0.15) is 44.9 Å². The topological polar surface area (TPSA) is 69.7 Å². The molecule has 13 rings (SSSR count). The van der Waals surface area contributed by atoms with E-state index in [0.29, 0.717) is 67.9 Å².